The maximum atomic E-state index is 12.0. The first-order chi connectivity index (χ1) is 9.75. The van der Waals surface area contributed by atoms with Crippen LogP contribution in [-0.4, -0.2) is 50.1 Å². The number of rotatable bonds is 6. The van der Waals surface area contributed by atoms with E-state index in [0.717, 1.165) is 50.7 Å². The molecule has 1 saturated heterocycles. The second kappa shape index (κ2) is 7.82. The number of hydrogen-bond acceptors (Lipinski definition) is 4. The smallest absolute Gasteiger partial charge is 0.187 e. The van der Waals surface area contributed by atoms with E-state index < -0.39 is 0 Å². The lowest BCUT2D eigenvalue weighted by atomic mass is 10.1. The second-order valence-corrected chi connectivity index (χ2v) is 4.94. The molecule has 0 aliphatic carbocycles. The molecule has 0 radical (unpaired) electrons. The number of nitrogens with one attached hydrogen (secondary N) is 1. The van der Waals surface area contributed by atoms with E-state index in [1.807, 2.05) is 37.3 Å². The molecule has 0 amide bonds. The molecule has 20 heavy (non-hydrogen) atoms. The molecule has 0 spiro atoms. The average molecular weight is 274 g/mol. The molecule has 108 valence electrons. The number of carbonyl (C=O) groups excluding carboxylic acids is 1. The number of ketones is 1. The van der Waals surface area contributed by atoms with Gasteiger partial charge >= 0.3 is 0 Å². The normalized spacial score (nSPS) is 16.9. The Morgan fingerprint density at radius 1 is 1.30 bits per heavy atom. The number of ether oxygens (including phenoxy) is 1. The highest BCUT2D eigenvalue weighted by Crippen LogP contribution is 2.02. The van der Waals surface area contributed by atoms with Crippen LogP contribution in [0.5, 0.6) is 0 Å². The minimum atomic E-state index is 0.0435. The Kier molecular flexibility index (Phi) is 5.77. The Balaban J connectivity index is 1.74. The minimum absolute atomic E-state index is 0.0435. The Morgan fingerprint density at radius 3 is 2.70 bits per heavy atom. The average Bonchev–Trinajstić information content (AvgIpc) is 2.49. The molecule has 0 aromatic heterocycles. The van der Waals surface area contributed by atoms with E-state index in [-0.39, 0.29) is 5.78 Å². The summed E-state index contributed by atoms with van der Waals surface area (Å²) in [6.07, 6.45) is 1.66. The van der Waals surface area contributed by atoms with Gasteiger partial charge in [0, 0.05) is 43.5 Å². The lowest BCUT2D eigenvalue weighted by Crippen LogP contribution is -2.40. The summed E-state index contributed by atoms with van der Waals surface area (Å²) in [4.78, 5) is 14.3. The first kappa shape index (κ1) is 14.8. The molecule has 2 rings (SSSR count). The van der Waals surface area contributed by atoms with Crippen molar-refractivity contribution >= 4 is 5.78 Å². The third-order valence-corrected chi connectivity index (χ3v) is 3.34. The molecule has 1 N–H and O–H groups in total. The van der Waals surface area contributed by atoms with Crippen LogP contribution in [0, 0.1) is 0 Å². The van der Waals surface area contributed by atoms with Gasteiger partial charge in [0.1, 0.15) is 0 Å². The van der Waals surface area contributed by atoms with Crippen molar-refractivity contribution in [1.29, 1.82) is 0 Å². The first-order valence-electron chi connectivity index (χ1n) is 7.07. The van der Waals surface area contributed by atoms with Crippen molar-refractivity contribution in [2.24, 2.45) is 0 Å². The van der Waals surface area contributed by atoms with Gasteiger partial charge in [-0.3, -0.25) is 9.69 Å². The molecule has 0 bridgehead atoms. The first-order valence-corrected chi connectivity index (χ1v) is 7.07. The summed E-state index contributed by atoms with van der Waals surface area (Å²) in [5.74, 6) is 0.0435. The predicted octanol–water partition coefficient (Wildman–Crippen LogP) is 1.69. The van der Waals surface area contributed by atoms with Gasteiger partial charge in [-0.1, -0.05) is 30.3 Å². The van der Waals surface area contributed by atoms with Crippen LogP contribution < -0.4 is 5.32 Å². The highest BCUT2D eigenvalue weighted by molar-refractivity contribution is 6.04. The molecule has 1 aliphatic heterocycles. The van der Waals surface area contributed by atoms with Crippen molar-refractivity contribution in [1.82, 2.24) is 10.2 Å². The quantitative estimate of drug-likeness (QED) is 0.633. The molecule has 0 atom stereocenters. The van der Waals surface area contributed by atoms with Crippen molar-refractivity contribution < 1.29 is 9.53 Å². The van der Waals surface area contributed by atoms with E-state index in [1.54, 1.807) is 6.08 Å². The number of carbonyl (C=O) groups is 1. The van der Waals surface area contributed by atoms with Gasteiger partial charge in [-0.15, -0.1) is 0 Å². The third kappa shape index (κ3) is 4.79. The molecule has 1 fully saturated rings. The van der Waals surface area contributed by atoms with Crippen LogP contribution in [0.3, 0.4) is 0 Å². The Bertz CT molecular complexity index is 451. The van der Waals surface area contributed by atoms with Crippen molar-refractivity contribution in [3.8, 4) is 0 Å². The monoisotopic (exact) mass is 274 g/mol. The molecular weight excluding hydrogens is 252 g/mol. The fraction of sp³-hybridized carbons (Fsp3) is 0.438. The van der Waals surface area contributed by atoms with E-state index in [9.17, 15) is 4.79 Å². The van der Waals surface area contributed by atoms with Crippen LogP contribution in [0.1, 0.15) is 17.3 Å². The van der Waals surface area contributed by atoms with Crippen LogP contribution in [0.15, 0.2) is 42.1 Å². The summed E-state index contributed by atoms with van der Waals surface area (Å²) < 4.78 is 5.31. The standard InChI is InChI=1S/C16H22N2O2/c1-14(13-16(19)15-5-3-2-4-6-15)17-7-8-18-9-11-20-12-10-18/h2-6,13,17H,7-12H2,1H3. The number of allylic oxidation sites excluding steroid dienone is 2. The fourth-order valence-electron chi connectivity index (χ4n) is 2.17. The van der Waals surface area contributed by atoms with Crippen molar-refractivity contribution in [2.75, 3.05) is 39.4 Å². The van der Waals surface area contributed by atoms with E-state index in [0.29, 0.717) is 0 Å². The zero-order valence-corrected chi connectivity index (χ0v) is 12.0. The van der Waals surface area contributed by atoms with Crippen LogP contribution >= 0.6 is 0 Å². The SMILES string of the molecule is CC(=CC(=O)c1ccccc1)NCCN1CCOCC1. The molecule has 1 aliphatic rings. The molecule has 4 nitrogen and oxygen atoms in total. The summed E-state index contributed by atoms with van der Waals surface area (Å²) in [5, 5.41) is 3.29. The van der Waals surface area contributed by atoms with Gasteiger partial charge in [-0.2, -0.15) is 0 Å². The third-order valence-electron chi connectivity index (χ3n) is 3.34. The topological polar surface area (TPSA) is 41.6 Å². The van der Waals surface area contributed by atoms with Gasteiger partial charge in [-0.05, 0) is 6.92 Å². The number of morpholine rings is 1. The molecule has 0 saturated carbocycles. The number of nitrogens with zero attached hydrogens (tertiary/aromatic N) is 1. The molecule has 1 heterocycles. The Labute approximate surface area is 120 Å². The molecular formula is C16H22N2O2. The summed E-state index contributed by atoms with van der Waals surface area (Å²) >= 11 is 0. The fourth-order valence-corrected chi connectivity index (χ4v) is 2.17. The summed E-state index contributed by atoms with van der Waals surface area (Å²) in [5.41, 5.74) is 1.63. The Morgan fingerprint density at radius 2 is 2.00 bits per heavy atom. The predicted molar refractivity (Wildman–Crippen MR) is 79.8 cm³/mol. The van der Waals surface area contributed by atoms with Crippen molar-refractivity contribution in [3.63, 3.8) is 0 Å². The van der Waals surface area contributed by atoms with Crippen LogP contribution in [0.2, 0.25) is 0 Å². The van der Waals surface area contributed by atoms with Gasteiger partial charge in [0.25, 0.3) is 0 Å². The van der Waals surface area contributed by atoms with Crippen LogP contribution in [-0.2, 0) is 4.74 Å². The van der Waals surface area contributed by atoms with E-state index >= 15 is 0 Å². The molecule has 1 aromatic carbocycles. The van der Waals surface area contributed by atoms with Crippen LogP contribution in [0.4, 0.5) is 0 Å². The van der Waals surface area contributed by atoms with E-state index in [1.165, 1.54) is 0 Å². The number of hydrogen-bond donors (Lipinski definition) is 1. The van der Waals surface area contributed by atoms with Gasteiger partial charge in [0.05, 0.1) is 13.2 Å². The second-order valence-electron chi connectivity index (χ2n) is 4.94. The molecule has 0 unspecified atom stereocenters. The van der Waals surface area contributed by atoms with E-state index in [2.05, 4.69) is 10.2 Å². The van der Waals surface area contributed by atoms with Gasteiger partial charge in [0.2, 0.25) is 0 Å². The summed E-state index contributed by atoms with van der Waals surface area (Å²) in [6, 6.07) is 9.33. The highest BCUT2D eigenvalue weighted by atomic mass is 16.5. The highest BCUT2D eigenvalue weighted by Gasteiger charge is 2.09. The molecule has 1 aromatic rings. The minimum Gasteiger partial charge on any atom is -0.387 e. The van der Waals surface area contributed by atoms with Crippen molar-refractivity contribution in [3.05, 3.63) is 47.7 Å². The van der Waals surface area contributed by atoms with Crippen molar-refractivity contribution in [2.45, 2.75) is 6.92 Å². The zero-order chi connectivity index (χ0) is 14.2. The lowest BCUT2D eigenvalue weighted by Gasteiger charge is -2.26. The summed E-state index contributed by atoms with van der Waals surface area (Å²) in [6.45, 7) is 7.39. The van der Waals surface area contributed by atoms with Crippen LogP contribution in [0.25, 0.3) is 0 Å². The molecule has 4 heteroatoms. The van der Waals surface area contributed by atoms with Gasteiger partial charge < -0.3 is 10.1 Å². The largest absolute Gasteiger partial charge is 0.387 e. The lowest BCUT2D eigenvalue weighted by molar-refractivity contribution is 0.0387. The van der Waals surface area contributed by atoms with Gasteiger partial charge in [-0.25, -0.2) is 0 Å². The maximum Gasteiger partial charge on any atom is 0.187 e. The zero-order valence-electron chi connectivity index (χ0n) is 12.0. The Hall–Kier alpha value is -1.65. The maximum absolute atomic E-state index is 12.0. The van der Waals surface area contributed by atoms with E-state index in [4.69, 9.17) is 4.74 Å². The summed E-state index contributed by atoms with van der Waals surface area (Å²) in [7, 11) is 0. The number of benzene rings is 1. The van der Waals surface area contributed by atoms with Gasteiger partial charge in [0.15, 0.2) is 5.78 Å².